The Hall–Kier alpha value is -2.76. The summed E-state index contributed by atoms with van der Waals surface area (Å²) in [4.78, 5) is 22.8. The van der Waals surface area contributed by atoms with Crippen LogP contribution in [-0.4, -0.2) is 22.0 Å². The molecule has 19 heavy (non-hydrogen) atoms. The molecule has 0 aliphatic carbocycles. The van der Waals surface area contributed by atoms with Gasteiger partial charge >= 0.3 is 0 Å². The number of carbonyl (C=O) groups is 2. The lowest BCUT2D eigenvalue weighted by atomic mass is 10.2. The summed E-state index contributed by atoms with van der Waals surface area (Å²) in [5.74, 6) is -0.523. The molecule has 0 bridgehead atoms. The van der Waals surface area contributed by atoms with E-state index >= 15 is 0 Å². The third-order valence-electron chi connectivity index (χ3n) is 2.25. The smallest absolute Gasteiger partial charge is 0.276 e. The monoisotopic (exact) mass is 256 g/mol. The Bertz CT molecular complexity index is 599. The number of anilines is 2. The van der Waals surface area contributed by atoms with Crippen molar-refractivity contribution in [1.82, 2.24) is 10.2 Å². The zero-order valence-electron chi connectivity index (χ0n) is 10.3. The van der Waals surface area contributed by atoms with Crippen molar-refractivity contribution in [2.45, 2.75) is 6.92 Å². The van der Waals surface area contributed by atoms with Gasteiger partial charge in [-0.25, -0.2) is 0 Å². The number of aromatic nitrogens is 2. The first kappa shape index (κ1) is 12.7. The number of rotatable bonds is 3. The molecule has 6 heteroatoms. The minimum Gasteiger partial charge on any atom is -0.326 e. The fourth-order valence-electron chi connectivity index (χ4n) is 1.50. The van der Waals surface area contributed by atoms with Crippen LogP contribution in [0.5, 0.6) is 0 Å². The molecule has 0 unspecified atom stereocenters. The molecule has 1 heterocycles. The topological polar surface area (TPSA) is 84.0 Å². The lowest BCUT2D eigenvalue weighted by molar-refractivity contribution is -0.114. The highest BCUT2D eigenvalue weighted by Crippen LogP contribution is 2.15. The van der Waals surface area contributed by atoms with Crippen molar-refractivity contribution >= 4 is 23.2 Å². The molecule has 0 saturated carbocycles. The number of nitrogens with one attached hydrogen (secondary N) is 2. The number of hydrogen-bond donors (Lipinski definition) is 2. The van der Waals surface area contributed by atoms with Gasteiger partial charge in [-0.1, -0.05) is 6.07 Å². The molecule has 1 aromatic carbocycles. The zero-order valence-corrected chi connectivity index (χ0v) is 10.3. The van der Waals surface area contributed by atoms with E-state index < -0.39 is 0 Å². The minimum absolute atomic E-state index is 0.169. The fourth-order valence-corrected chi connectivity index (χ4v) is 1.50. The van der Waals surface area contributed by atoms with Gasteiger partial charge in [-0.05, 0) is 30.3 Å². The van der Waals surface area contributed by atoms with Crippen molar-refractivity contribution in [3.63, 3.8) is 0 Å². The molecular weight excluding hydrogens is 244 g/mol. The minimum atomic E-state index is -0.354. The van der Waals surface area contributed by atoms with Crippen LogP contribution in [0.4, 0.5) is 11.4 Å². The summed E-state index contributed by atoms with van der Waals surface area (Å²) in [5.41, 5.74) is 1.42. The highest BCUT2D eigenvalue weighted by atomic mass is 16.2. The van der Waals surface area contributed by atoms with E-state index in [1.807, 2.05) is 0 Å². The van der Waals surface area contributed by atoms with Crippen LogP contribution in [0.25, 0.3) is 0 Å². The molecule has 2 N–H and O–H groups in total. The van der Waals surface area contributed by atoms with Crippen molar-refractivity contribution in [2.75, 3.05) is 10.6 Å². The SMILES string of the molecule is CC(=O)Nc1cccc(NC(=O)c2cccnn2)c1. The van der Waals surface area contributed by atoms with E-state index in [-0.39, 0.29) is 17.5 Å². The molecule has 0 fully saturated rings. The summed E-state index contributed by atoms with van der Waals surface area (Å²) in [6, 6.07) is 10.1. The molecule has 0 atom stereocenters. The first-order valence-electron chi connectivity index (χ1n) is 5.62. The lowest BCUT2D eigenvalue weighted by Gasteiger charge is -2.07. The summed E-state index contributed by atoms with van der Waals surface area (Å²) in [6.45, 7) is 1.42. The summed E-state index contributed by atoms with van der Waals surface area (Å²) < 4.78 is 0. The molecule has 2 amide bonds. The number of benzene rings is 1. The van der Waals surface area contributed by atoms with Gasteiger partial charge in [-0.3, -0.25) is 9.59 Å². The van der Waals surface area contributed by atoms with Crippen LogP contribution in [0.3, 0.4) is 0 Å². The van der Waals surface area contributed by atoms with Crippen LogP contribution >= 0.6 is 0 Å². The Morgan fingerprint density at radius 1 is 1.05 bits per heavy atom. The normalized spacial score (nSPS) is 9.74. The molecule has 0 saturated heterocycles. The van der Waals surface area contributed by atoms with Crippen LogP contribution in [0.15, 0.2) is 42.6 Å². The number of carbonyl (C=O) groups excluding carboxylic acids is 2. The molecule has 1 aromatic heterocycles. The first-order chi connectivity index (χ1) is 9.15. The molecule has 96 valence electrons. The summed E-state index contributed by atoms with van der Waals surface area (Å²) in [7, 11) is 0. The van der Waals surface area contributed by atoms with Crippen molar-refractivity contribution in [3.8, 4) is 0 Å². The highest BCUT2D eigenvalue weighted by Gasteiger charge is 2.07. The van der Waals surface area contributed by atoms with Crippen LogP contribution in [-0.2, 0) is 4.79 Å². The summed E-state index contributed by atoms with van der Waals surface area (Å²) >= 11 is 0. The van der Waals surface area contributed by atoms with E-state index in [4.69, 9.17) is 0 Å². The van der Waals surface area contributed by atoms with Crippen LogP contribution in [0, 0.1) is 0 Å². The predicted octanol–water partition coefficient (Wildman–Crippen LogP) is 1.69. The maximum Gasteiger partial charge on any atom is 0.276 e. The molecule has 0 radical (unpaired) electrons. The van der Waals surface area contributed by atoms with E-state index in [2.05, 4.69) is 20.8 Å². The predicted molar refractivity (Wildman–Crippen MR) is 70.7 cm³/mol. The first-order valence-corrected chi connectivity index (χ1v) is 5.62. The average Bonchev–Trinajstić information content (AvgIpc) is 2.39. The number of amides is 2. The lowest BCUT2D eigenvalue weighted by Crippen LogP contribution is -2.14. The number of hydrogen-bond acceptors (Lipinski definition) is 4. The van der Waals surface area contributed by atoms with Gasteiger partial charge in [0.2, 0.25) is 5.91 Å². The van der Waals surface area contributed by atoms with E-state index in [9.17, 15) is 9.59 Å². The van der Waals surface area contributed by atoms with E-state index in [0.717, 1.165) is 0 Å². The fraction of sp³-hybridized carbons (Fsp3) is 0.0769. The second kappa shape index (κ2) is 5.72. The van der Waals surface area contributed by atoms with Crippen LogP contribution in [0.2, 0.25) is 0 Å². The summed E-state index contributed by atoms with van der Waals surface area (Å²) in [6.07, 6.45) is 1.49. The van der Waals surface area contributed by atoms with Crippen molar-refractivity contribution in [1.29, 1.82) is 0 Å². The molecule has 2 rings (SSSR count). The van der Waals surface area contributed by atoms with E-state index in [1.165, 1.54) is 13.1 Å². The third kappa shape index (κ3) is 3.60. The van der Waals surface area contributed by atoms with E-state index in [1.54, 1.807) is 36.4 Å². The zero-order chi connectivity index (χ0) is 13.7. The van der Waals surface area contributed by atoms with Gasteiger partial charge in [0.15, 0.2) is 5.69 Å². The molecule has 0 spiro atoms. The Labute approximate surface area is 109 Å². The Morgan fingerprint density at radius 2 is 1.79 bits per heavy atom. The number of nitrogens with zero attached hydrogens (tertiary/aromatic N) is 2. The molecule has 0 aliphatic rings. The van der Waals surface area contributed by atoms with E-state index in [0.29, 0.717) is 11.4 Å². The van der Waals surface area contributed by atoms with Crippen molar-refractivity contribution in [3.05, 3.63) is 48.3 Å². The average molecular weight is 256 g/mol. The van der Waals surface area contributed by atoms with Gasteiger partial charge in [-0.15, -0.1) is 5.10 Å². The molecule has 0 aliphatic heterocycles. The van der Waals surface area contributed by atoms with Gasteiger partial charge < -0.3 is 10.6 Å². The Morgan fingerprint density at radius 3 is 2.42 bits per heavy atom. The van der Waals surface area contributed by atoms with Gasteiger partial charge in [-0.2, -0.15) is 5.10 Å². The quantitative estimate of drug-likeness (QED) is 0.875. The molecular formula is C13H12N4O2. The van der Waals surface area contributed by atoms with Crippen molar-refractivity contribution < 1.29 is 9.59 Å². The van der Waals surface area contributed by atoms with Gasteiger partial charge in [0.05, 0.1) is 0 Å². The van der Waals surface area contributed by atoms with Crippen LogP contribution < -0.4 is 10.6 Å². The maximum atomic E-state index is 11.8. The standard InChI is InChI=1S/C13H12N4O2/c1-9(18)15-10-4-2-5-11(8-10)16-13(19)12-6-3-7-14-17-12/h2-8H,1H3,(H,15,18)(H,16,19). The largest absolute Gasteiger partial charge is 0.326 e. The third-order valence-corrected chi connectivity index (χ3v) is 2.25. The Kier molecular flexibility index (Phi) is 3.82. The van der Waals surface area contributed by atoms with Gasteiger partial charge in [0, 0.05) is 24.5 Å². The van der Waals surface area contributed by atoms with Gasteiger partial charge in [0.25, 0.3) is 5.91 Å². The second-order valence-corrected chi connectivity index (χ2v) is 3.83. The molecule has 6 nitrogen and oxygen atoms in total. The Balaban J connectivity index is 2.11. The van der Waals surface area contributed by atoms with Crippen LogP contribution in [0.1, 0.15) is 17.4 Å². The maximum absolute atomic E-state index is 11.8. The van der Waals surface area contributed by atoms with Crippen molar-refractivity contribution in [2.24, 2.45) is 0 Å². The van der Waals surface area contributed by atoms with Gasteiger partial charge in [0.1, 0.15) is 0 Å². The molecule has 2 aromatic rings. The summed E-state index contributed by atoms with van der Waals surface area (Å²) in [5, 5.41) is 12.7. The highest BCUT2D eigenvalue weighted by molar-refractivity contribution is 6.03. The second-order valence-electron chi connectivity index (χ2n) is 3.83.